The molecule has 1 heterocycles. The van der Waals surface area contributed by atoms with E-state index >= 15 is 0 Å². The maximum atomic E-state index is 5.70. The summed E-state index contributed by atoms with van der Waals surface area (Å²) in [5.41, 5.74) is 3.24. The summed E-state index contributed by atoms with van der Waals surface area (Å²) >= 11 is 0. The average Bonchev–Trinajstić information content (AvgIpc) is 2.49. The van der Waals surface area contributed by atoms with Gasteiger partial charge in [0.1, 0.15) is 12.4 Å². The zero-order valence-corrected chi connectivity index (χ0v) is 13.0. The van der Waals surface area contributed by atoms with E-state index in [1.54, 1.807) is 0 Å². The zero-order chi connectivity index (χ0) is 15.1. The fourth-order valence-electron chi connectivity index (χ4n) is 2.18. The highest BCUT2D eigenvalue weighted by Gasteiger charge is 2.08. The van der Waals surface area contributed by atoms with E-state index in [4.69, 9.17) is 4.74 Å². The van der Waals surface area contributed by atoms with E-state index in [2.05, 4.69) is 22.2 Å². The van der Waals surface area contributed by atoms with Crippen molar-refractivity contribution in [1.29, 1.82) is 0 Å². The molecule has 0 saturated heterocycles. The summed E-state index contributed by atoms with van der Waals surface area (Å²) in [5, 5.41) is 3.40. The molecule has 2 aromatic rings. The predicted molar refractivity (Wildman–Crippen MR) is 84.3 cm³/mol. The summed E-state index contributed by atoms with van der Waals surface area (Å²) in [5.74, 6) is 1.57. The van der Waals surface area contributed by atoms with E-state index in [-0.39, 0.29) is 0 Å². The van der Waals surface area contributed by atoms with Crippen LogP contribution in [0.4, 0.5) is 0 Å². The van der Waals surface area contributed by atoms with Gasteiger partial charge in [0, 0.05) is 23.5 Å². The molecule has 0 bridgehead atoms. The van der Waals surface area contributed by atoms with Gasteiger partial charge in [-0.3, -0.25) is 0 Å². The van der Waals surface area contributed by atoms with Crippen LogP contribution in [0.2, 0.25) is 0 Å². The van der Waals surface area contributed by atoms with Crippen LogP contribution in [-0.2, 0) is 13.2 Å². The highest BCUT2D eigenvalue weighted by atomic mass is 16.5. The molecule has 0 fully saturated rings. The number of para-hydroxylation sites is 1. The van der Waals surface area contributed by atoms with Gasteiger partial charge in [-0.1, -0.05) is 25.1 Å². The van der Waals surface area contributed by atoms with Gasteiger partial charge in [-0.25, -0.2) is 9.97 Å². The monoisotopic (exact) mass is 285 g/mol. The van der Waals surface area contributed by atoms with Crippen molar-refractivity contribution >= 4 is 0 Å². The van der Waals surface area contributed by atoms with Crippen molar-refractivity contribution in [3.05, 3.63) is 53.1 Å². The lowest BCUT2D eigenvalue weighted by Crippen LogP contribution is -2.17. The number of hydrogen-bond acceptors (Lipinski definition) is 4. The Hall–Kier alpha value is -1.94. The summed E-state index contributed by atoms with van der Waals surface area (Å²) in [6.07, 6.45) is 1.13. The molecule has 0 aliphatic heterocycles. The van der Waals surface area contributed by atoms with Gasteiger partial charge in [0.15, 0.2) is 5.82 Å². The van der Waals surface area contributed by atoms with Crippen LogP contribution in [-0.4, -0.2) is 16.5 Å². The van der Waals surface area contributed by atoms with E-state index in [0.717, 1.165) is 42.5 Å². The first-order valence-corrected chi connectivity index (χ1v) is 7.42. The zero-order valence-electron chi connectivity index (χ0n) is 13.0. The molecule has 0 radical (unpaired) electrons. The fourth-order valence-corrected chi connectivity index (χ4v) is 2.18. The lowest BCUT2D eigenvalue weighted by molar-refractivity contribution is 0.295. The third-order valence-electron chi connectivity index (χ3n) is 3.31. The number of nitrogens with one attached hydrogen (secondary N) is 1. The molecule has 0 atom stereocenters. The molecule has 112 valence electrons. The summed E-state index contributed by atoms with van der Waals surface area (Å²) in [6, 6.07) is 9.74. The first kappa shape index (κ1) is 15.4. The minimum atomic E-state index is 0.397. The normalized spacial score (nSPS) is 10.6. The molecule has 0 saturated carbocycles. The highest BCUT2D eigenvalue weighted by Crippen LogP contribution is 2.13. The minimum absolute atomic E-state index is 0.397. The van der Waals surface area contributed by atoms with Crippen LogP contribution in [0.5, 0.6) is 5.75 Å². The summed E-state index contributed by atoms with van der Waals surface area (Å²) < 4.78 is 5.70. The molecule has 1 aromatic heterocycles. The maximum Gasteiger partial charge on any atom is 0.166 e. The highest BCUT2D eigenvalue weighted by molar-refractivity contribution is 5.25. The molecule has 4 heteroatoms. The van der Waals surface area contributed by atoms with Crippen LogP contribution >= 0.6 is 0 Å². The second-order valence-electron chi connectivity index (χ2n) is 5.07. The molecule has 0 aliphatic rings. The Kier molecular flexibility index (Phi) is 5.69. The van der Waals surface area contributed by atoms with E-state index in [1.165, 1.54) is 5.56 Å². The molecule has 1 N–H and O–H groups in total. The fraction of sp³-hybridized carbons (Fsp3) is 0.412. The van der Waals surface area contributed by atoms with E-state index in [0.29, 0.717) is 6.61 Å². The first-order valence-electron chi connectivity index (χ1n) is 7.42. The number of benzene rings is 1. The van der Waals surface area contributed by atoms with Gasteiger partial charge >= 0.3 is 0 Å². The SMILES string of the molecule is CCCNCc1c(C)nc(COc2ccccc2)nc1C. The third kappa shape index (κ3) is 4.53. The van der Waals surface area contributed by atoms with Crippen LogP contribution in [0.15, 0.2) is 30.3 Å². The Bertz CT molecular complexity index is 546. The van der Waals surface area contributed by atoms with Crippen LogP contribution in [0.3, 0.4) is 0 Å². The summed E-state index contributed by atoms with van der Waals surface area (Å²) in [4.78, 5) is 9.10. The quantitative estimate of drug-likeness (QED) is 0.794. The molecular weight excluding hydrogens is 262 g/mol. The number of nitrogens with zero attached hydrogens (tertiary/aromatic N) is 2. The van der Waals surface area contributed by atoms with E-state index in [9.17, 15) is 0 Å². The number of ether oxygens (including phenoxy) is 1. The third-order valence-corrected chi connectivity index (χ3v) is 3.31. The molecular formula is C17H23N3O. The van der Waals surface area contributed by atoms with Crippen molar-refractivity contribution in [2.24, 2.45) is 0 Å². The molecule has 1 aromatic carbocycles. The largest absolute Gasteiger partial charge is 0.486 e. The number of aryl methyl sites for hydroxylation is 2. The minimum Gasteiger partial charge on any atom is -0.486 e. The Morgan fingerprint density at radius 1 is 1.05 bits per heavy atom. The standard InChI is InChI=1S/C17H23N3O/c1-4-10-18-11-16-13(2)19-17(20-14(16)3)12-21-15-8-6-5-7-9-15/h5-9,18H,4,10-12H2,1-3H3. The molecule has 4 nitrogen and oxygen atoms in total. The van der Waals surface area contributed by atoms with Gasteiger partial charge in [0.2, 0.25) is 0 Å². The van der Waals surface area contributed by atoms with Crippen LogP contribution in [0.1, 0.15) is 36.1 Å². The van der Waals surface area contributed by atoms with Crippen LogP contribution in [0, 0.1) is 13.8 Å². The van der Waals surface area contributed by atoms with Gasteiger partial charge < -0.3 is 10.1 Å². The molecule has 0 aliphatic carbocycles. The van der Waals surface area contributed by atoms with Gasteiger partial charge in [-0.15, -0.1) is 0 Å². The van der Waals surface area contributed by atoms with Crippen molar-refractivity contribution in [1.82, 2.24) is 15.3 Å². The second kappa shape index (κ2) is 7.74. The Balaban J connectivity index is 2.01. The van der Waals surface area contributed by atoms with E-state index < -0.39 is 0 Å². The Morgan fingerprint density at radius 3 is 2.33 bits per heavy atom. The Morgan fingerprint density at radius 2 is 1.71 bits per heavy atom. The predicted octanol–water partition coefficient (Wildman–Crippen LogP) is 3.17. The number of aromatic nitrogens is 2. The summed E-state index contributed by atoms with van der Waals surface area (Å²) in [6.45, 7) is 8.46. The van der Waals surface area contributed by atoms with Crippen molar-refractivity contribution < 1.29 is 4.74 Å². The second-order valence-corrected chi connectivity index (χ2v) is 5.07. The molecule has 2 rings (SSSR count). The lowest BCUT2D eigenvalue weighted by Gasteiger charge is -2.12. The van der Waals surface area contributed by atoms with Crippen molar-refractivity contribution in [3.8, 4) is 5.75 Å². The summed E-state index contributed by atoms with van der Waals surface area (Å²) in [7, 11) is 0. The van der Waals surface area contributed by atoms with Crippen molar-refractivity contribution in [3.63, 3.8) is 0 Å². The van der Waals surface area contributed by atoms with Gasteiger partial charge in [0.25, 0.3) is 0 Å². The topological polar surface area (TPSA) is 47.0 Å². The van der Waals surface area contributed by atoms with Gasteiger partial charge in [0.05, 0.1) is 0 Å². The molecule has 0 amide bonds. The average molecular weight is 285 g/mol. The number of rotatable bonds is 7. The van der Waals surface area contributed by atoms with Gasteiger partial charge in [-0.2, -0.15) is 0 Å². The maximum absolute atomic E-state index is 5.70. The molecule has 21 heavy (non-hydrogen) atoms. The molecule has 0 unspecified atom stereocenters. The van der Waals surface area contributed by atoms with Crippen molar-refractivity contribution in [2.45, 2.75) is 40.3 Å². The van der Waals surface area contributed by atoms with Crippen LogP contribution < -0.4 is 10.1 Å². The smallest absolute Gasteiger partial charge is 0.166 e. The first-order chi connectivity index (χ1) is 10.2. The van der Waals surface area contributed by atoms with Crippen LogP contribution in [0.25, 0.3) is 0 Å². The lowest BCUT2D eigenvalue weighted by atomic mass is 10.1. The number of hydrogen-bond donors (Lipinski definition) is 1. The van der Waals surface area contributed by atoms with Gasteiger partial charge in [-0.05, 0) is 38.9 Å². The Labute approximate surface area is 126 Å². The van der Waals surface area contributed by atoms with E-state index in [1.807, 2.05) is 44.2 Å². The molecule has 0 spiro atoms. The van der Waals surface area contributed by atoms with Crippen molar-refractivity contribution in [2.75, 3.05) is 6.54 Å².